The van der Waals surface area contributed by atoms with Crippen LogP contribution in [0.4, 0.5) is 4.79 Å². The number of amides is 4. The van der Waals surface area contributed by atoms with Crippen LogP contribution in [-0.2, 0) is 16.0 Å². The van der Waals surface area contributed by atoms with Crippen LogP contribution in [0.5, 0.6) is 0 Å². The molecule has 4 amide bonds. The van der Waals surface area contributed by atoms with Gasteiger partial charge in [0.1, 0.15) is 5.41 Å². The van der Waals surface area contributed by atoms with Gasteiger partial charge in [0.05, 0.1) is 0 Å². The number of carbonyl (C=O) groups excluding carboxylic acids is 3. The lowest BCUT2D eigenvalue weighted by Gasteiger charge is -2.39. The minimum absolute atomic E-state index is 0.171. The van der Waals surface area contributed by atoms with E-state index >= 15 is 0 Å². The summed E-state index contributed by atoms with van der Waals surface area (Å²) >= 11 is 0. The van der Waals surface area contributed by atoms with Crippen molar-refractivity contribution in [1.29, 1.82) is 0 Å². The highest BCUT2D eigenvalue weighted by Crippen LogP contribution is 2.36. The zero-order chi connectivity index (χ0) is 14.5. The predicted molar refractivity (Wildman–Crippen MR) is 71.9 cm³/mol. The van der Waals surface area contributed by atoms with E-state index in [1.807, 2.05) is 18.2 Å². The van der Waals surface area contributed by atoms with Crippen molar-refractivity contribution in [2.75, 3.05) is 6.54 Å². The van der Waals surface area contributed by atoms with E-state index in [9.17, 15) is 14.4 Å². The molecular formula is C15H16N2O3. The number of nitrogens with one attached hydrogen (secondary N) is 1. The fraction of sp³-hybridized carbons (Fsp3) is 0.400. The third kappa shape index (κ3) is 1.73. The van der Waals surface area contributed by atoms with E-state index in [4.69, 9.17) is 0 Å². The molecule has 1 N–H and O–H groups in total. The summed E-state index contributed by atoms with van der Waals surface area (Å²) in [6.07, 6.45) is 0.863. The molecule has 1 atom stereocenters. The normalized spacial score (nSPS) is 24.0. The van der Waals surface area contributed by atoms with Crippen LogP contribution in [0, 0.1) is 5.41 Å². The summed E-state index contributed by atoms with van der Waals surface area (Å²) in [4.78, 5) is 37.0. The van der Waals surface area contributed by atoms with Crippen LogP contribution in [-0.4, -0.2) is 29.3 Å². The van der Waals surface area contributed by atoms with Gasteiger partial charge in [-0.2, -0.15) is 0 Å². The standard InChI is InChI=1S/C15H16N2O3/c1-15(2)12(18)16-14(20)17(13(15)19)8-10-7-9-5-3-4-6-11(9)10/h3-6,10H,7-8H2,1-2H3,(H,16,18,20). The van der Waals surface area contributed by atoms with Gasteiger partial charge in [0, 0.05) is 12.5 Å². The van der Waals surface area contributed by atoms with Crippen molar-refractivity contribution in [2.45, 2.75) is 26.2 Å². The number of nitrogens with zero attached hydrogens (tertiary/aromatic N) is 1. The first-order chi connectivity index (χ1) is 9.41. The molecule has 3 rings (SSSR count). The van der Waals surface area contributed by atoms with Crippen molar-refractivity contribution in [1.82, 2.24) is 10.2 Å². The molecule has 1 aliphatic carbocycles. The Hall–Kier alpha value is -2.17. The molecule has 104 valence electrons. The molecule has 0 saturated carbocycles. The molecule has 1 aromatic rings. The Kier molecular flexibility index (Phi) is 2.67. The second-order valence-electron chi connectivity index (χ2n) is 5.90. The molecular weight excluding hydrogens is 256 g/mol. The highest BCUT2D eigenvalue weighted by molar-refractivity contribution is 6.18. The number of fused-ring (bicyclic) bond motifs is 1. The first-order valence-corrected chi connectivity index (χ1v) is 6.66. The largest absolute Gasteiger partial charge is 0.330 e. The maximum Gasteiger partial charge on any atom is 0.330 e. The SMILES string of the molecule is CC1(C)C(=O)NC(=O)N(CC2Cc3ccccc32)C1=O. The minimum atomic E-state index is -1.18. The van der Waals surface area contributed by atoms with Crippen molar-refractivity contribution in [2.24, 2.45) is 5.41 Å². The summed E-state index contributed by atoms with van der Waals surface area (Å²) in [6, 6.07) is 7.40. The van der Waals surface area contributed by atoms with Gasteiger partial charge in [0.25, 0.3) is 0 Å². The Morgan fingerprint density at radius 1 is 1.25 bits per heavy atom. The molecule has 1 saturated heterocycles. The van der Waals surface area contributed by atoms with Crippen molar-refractivity contribution < 1.29 is 14.4 Å². The van der Waals surface area contributed by atoms with Gasteiger partial charge in [-0.3, -0.25) is 19.8 Å². The summed E-state index contributed by atoms with van der Waals surface area (Å²) in [7, 11) is 0. The number of urea groups is 1. The third-order valence-electron chi connectivity index (χ3n) is 4.18. The molecule has 5 nitrogen and oxygen atoms in total. The van der Waals surface area contributed by atoms with Crippen LogP contribution in [0.3, 0.4) is 0 Å². The fourth-order valence-electron chi connectivity index (χ4n) is 2.76. The average molecular weight is 272 g/mol. The Labute approximate surface area is 116 Å². The molecule has 2 aliphatic rings. The molecule has 1 aromatic carbocycles. The summed E-state index contributed by atoms with van der Waals surface area (Å²) in [5, 5.41) is 2.25. The van der Waals surface area contributed by atoms with E-state index < -0.39 is 23.3 Å². The quantitative estimate of drug-likeness (QED) is 0.828. The highest BCUT2D eigenvalue weighted by atomic mass is 16.2. The van der Waals surface area contributed by atoms with Gasteiger partial charge in [0.15, 0.2) is 0 Å². The summed E-state index contributed by atoms with van der Waals surface area (Å²) in [5.74, 6) is -0.779. The van der Waals surface area contributed by atoms with Gasteiger partial charge in [-0.05, 0) is 31.4 Å². The zero-order valence-corrected chi connectivity index (χ0v) is 11.5. The van der Waals surface area contributed by atoms with E-state index in [-0.39, 0.29) is 5.92 Å². The number of carbonyl (C=O) groups is 3. The van der Waals surface area contributed by atoms with Gasteiger partial charge in [-0.15, -0.1) is 0 Å². The van der Waals surface area contributed by atoms with Crippen LogP contribution in [0.2, 0.25) is 0 Å². The lowest BCUT2D eigenvalue weighted by Crippen LogP contribution is -2.62. The van der Waals surface area contributed by atoms with E-state index in [2.05, 4.69) is 11.4 Å². The molecule has 0 radical (unpaired) electrons. The number of hydrogen-bond donors (Lipinski definition) is 1. The summed E-state index contributed by atoms with van der Waals surface area (Å²) < 4.78 is 0. The third-order valence-corrected chi connectivity index (χ3v) is 4.18. The molecule has 0 aromatic heterocycles. The van der Waals surface area contributed by atoms with E-state index in [1.54, 1.807) is 13.8 Å². The van der Waals surface area contributed by atoms with Crippen molar-refractivity contribution in [3.8, 4) is 0 Å². The molecule has 1 heterocycles. The molecule has 1 fully saturated rings. The van der Waals surface area contributed by atoms with E-state index in [1.165, 1.54) is 16.0 Å². The first kappa shape index (κ1) is 12.8. The van der Waals surface area contributed by atoms with Gasteiger partial charge < -0.3 is 0 Å². The highest BCUT2D eigenvalue weighted by Gasteiger charge is 2.48. The lowest BCUT2D eigenvalue weighted by atomic mass is 9.77. The second-order valence-corrected chi connectivity index (χ2v) is 5.90. The maximum atomic E-state index is 12.3. The van der Waals surface area contributed by atoms with E-state index in [0.29, 0.717) is 6.54 Å². The predicted octanol–water partition coefficient (Wildman–Crippen LogP) is 1.43. The van der Waals surface area contributed by atoms with Crippen LogP contribution < -0.4 is 5.32 Å². The Morgan fingerprint density at radius 2 is 1.95 bits per heavy atom. The van der Waals surface area contributed by atoms with Crippen LogP contribution >= 0.6 is 0 Å². The summed E-state index contributed by atoms with van der Waals surface area (Å²) in [5.41, 5.74) is 1.26. The number of rotatable bonds is 2. The molecule has 20 heavy (non-hydrogen) atoms. The number of benzene rings is 1. The Bertz CT molecular complexity index is 621. The number of hydrogen-bond acceptors (Lipinski definition) is 3. The monoisotopic (exact) mass is 272 g/mol. The van der Waals surface area contributed by atoms with Gasteiger partial charge in [0.2, 0.25) is 11.8 Å². The van der Waals surface area contributed by atoms with Crippen LogP contribution in [0.15, 0.2) is 24.3 Å². The first-order valence-electron chi connectivity index (χ1n) is 6.66. The topological polar surface area (TPSA) is 66.5 Å². The Morgan fingerprint density at radius 3 is 2.65 bits per heavy atom. The molecule has 1 unspecified atom stereocenters. The van der Waals surface area contributed by atoms with Gasteiger partial charge in [-0.25, -0.2) is 4.79 Å². The molecule has 5 heteroatoms. The smallest absolute Gasteiger partial charge is 0.277 e. The zero-order valence-electron chi connectivity index (χ0n) is 11.5. The molecule has 0 spiro atoms. The molecule has 0 bridgehead atoms. The van der Waals surface area contributed by atoms with Crippen LogP contribution in [0.1, 0.15) is 30.9 Å². The minimum Gasteiger partial charge on any atom is -0.277 e. The van der Waals surface area contributed by atoms with Gasteiger partial charge >= 0.3 is 6.03 Å². The number of imide groups is 2. The molecule has 1 aliphatic heterocycles. The number of barbiturate groups is 1. The van der Waals surface area contributed by atoms with Crippen molar-refractivity contribution in [3.63, 3.8) is 0 Å². The average Bonchev–Trinajstić information content (AvgIpc) is 2.37. The van der Waals surface area contributed by atoms with Crippen molar-refractivity contribution in [3.05, 3.63) is 35.4 Å². The van der Waals surface area contributed by atoms with E-state index in [0.717, 1.165) is 6.42 Å². The van der Waals surface area contributed by atoms with Gasteiger partial charge in [-0.1, -0.05) is 24.3 Å². The van der Waals surface area contributed by atoms with Crippen molar-refractivity contribution >= 4 is 17.8 Å². The second kappa shape index (κ2) is 4.16. The Balaban J connectivity index is 1.80. The maximum absolute atomic E-state index is 12.3. The van der Waals surface area contributed by atoms with Crippen LogP contribution in [0.25, 0.3) is 0 Å². The fourth-order valence-corrected chi connectivity index (χ4v) is 2.76. The lowest BCUT2D eigenvalue weighted by molar-refractivity contribution is -0.149. The summed E-state index contributed by atoms with van der Waals surface area (Å²) in [6.45, 7) is 3.41.